The first-order chi connectivity index (χ1) is 14.3. The number of para-hydroxylation sites is 1. The molecule has 0 radical (unpaired) electrons. The van der Waals surface area contributed by atoms with Crippen molar-refractivity contribution in [1.29, 1.82) is 0 Å². The number of benzene rings is 5. The van der Waals surface area contributed by atoms with Crippen LogP contribution < -0.4 is 0 Å². The highest BCUT2D eigenvalue weighted by Gasteiger charge is 2.15. The van der Waals surface area contributed by atoms with Gasteiger partial charge in [0.2, 0.25) is 0 Å². The molecule has 5 aromatic carbocycles. The van der Waals surface area contributed by atoms with Gasteiger partial charge in [0.1, 0.15) is 11.3 Å². The number of pyridine rings is 1. The summed E-state index contributed by atoms with van der Waals surface area (Å²) in [5.41, 5.74) is 2.58. The van der Waals surface area contributed by atoms with Crippen LogP contribution in [0.15, 0.2) is 97.1 Å². The Kier molecular flexibility index (Phi) is 3.35. The van der Waals surface area contributed by atoms with E-state index >= 15 is 0 Å². The maximum absolute atomic E-state index is 10.6. The molecule has 6 rings (SSSR count). The number of nitrogens with zero attached hydrogens (tertiary/aromatic N) is 1. The molecule has 136 valence electrons. The van der Waals surface area contributed by atoms with E-state index in [2.05, 4.69) is 78.9 Å². The number of phenols is 1. The first-order valence-corrected chi connectivity index (χ1v) is 9.72. The van der Waals surface area contributed by atoms with Gasteiger partial charge in [-0.05, 0) is 33.7 Å². The summed E-state index contributed by atoms with van der Waals surface area (Å²) >= 11 is 0. The molecule has 1 aromatic heterocycles. The number of aromatic nitrogens is 1. The van der Waals surface area contributed by atoms with Crippen molar-refractivity contribution >= 4 is 43.2 Å². The molecule has 2 heteroatoms. The molecule has 0 unspecified atom stereocenters. The Balaban J connectivity index is 1.82. The molecule has 0 atom stereocenters. The topological polar surface area (TPSA) is 33.1 Å². The highest BCUT2D eigenvalue weighted by Crippen LogP contribution is 2.39. The third-order valence-corrected chi connectivity index (χ3v) is 5.71. The Labute approximate surface area is 167 Å². The normalized spacial score (nSPS) is 11.6. The van der Waals surface area contributed by atoms with Crippen LogP contribution in [0.1, 0.15) is 0 Å². The fraction of sp³-hybridized carbons (Fsp3) is 0. The predicted octanol–water partition coefficient (Wildman–Crippen LogP) is 7.07. The van der Waals surface area contributed by atoms with Crippen LogP contribution in [0.2, 0.25) is 0 Å². The third kappa shape index (κ3) is 2.39. The highest BCUT2D eigenvalue weighted by atomic mass is 16.3. The van der Waals surface area contributed by atoms with E-state index < -0.39 is 0 Å². The lowest BCUT2D eigenvalue weighted by Crippen LogP contribution is -1.91. The van der Waals surface area contributed by atoms with Crippen molar-refractivity contribution in [2.75, 3.05) is 0 Å². The second-order valence-corrected chi connectivity index (χ2v) is 7.40. The van der Waals surface area contributed by atoms with E-state index in [0.717, 1.165) is 27.4 Å². The summed E-state index contributed by atoms with van der Waals surface area (Å²) in [6, 6.07) is 33.1. The second kappa shape index (κ2) is 6.05. The summed E-state index contributed by atoms with van der Waals surface area (Å²) in [5.74, 6) is 0.208. The molecule has 0 aliphatic carbocycles. The molecule has 0 aliphatic rings. The summed E-state index contributed by atoms with van der Waals surface area (Å²) in [7, 11) is 0. The van der Waals surface area contributed by atoms with Crippen LogP contribution in [0.3, 0.4) is 0 Å². The van der Waals surface area contributed by atoms with Crippen LogP contribution in [0.25, 0.3) is 54.5 Å². The number of hydrogen-bond acceptors (Lipinski definition) is 2. The van der Waals surface area contributed by atoms with Crippen LogP contribution in [0.5, 0.6) is 5.75 Å². The Bertz CT molecular complexity index is 1570. The van der Waals surface area contributed by atoms with Gasteiger partial charge in [0.25, 0.3) is 0 Å². The average molecular weight is 371 g/mol. The van der Waals surface area contributed by atoms with Gasteiger partial charge >= 0.3 is 0 Å². The zero-order valence-electron chi connectivity index (χ0n) is 15.6. The van der Waals surface area contributed by atoms with Crippen molar-refractivity contribution in [1.82, 2.24) is 4.98 Å². The van der Waals surface area contributed by atoms with E-state index in [1.807, 2.05) is 12.1 Å². The molecule has 0 saturated heterocycles. The lowest BCUT2D eigenvalue weighted by atomic mass is 9.94. The van der Waals surface area contributed by atoms with E-state index in [-0.39, 0.29) is 5.75 Å². The lowest BCUT2D eigenvalue weighted by Gasteiger charge is -2.13. The second-order valence-electron chi connectivity index (χ2n) is 7.40. The molecule has 6 aromatic rings. The molecule has 0 saturated carbocycles. The van der Waals surface area contributed by atoms with Gasteiger partial charge in [0.05, 0.1) is 5.69 Å². The smallest absolute Gasteiger partial charge is 0.141 e. The fourth-order valence-corrected chi connectivity index (χ4v) is 4.34. The van der Waals surface area contributed by atoms with Crippen LogP contribution in [-0.4, -0.2) is 10.1 Å². The molecular formula is C27H17NO. The van der Waals surface area contributed by atoms with Crippen molar-refractivity contribution in [2.24, 2.45) is 0 Å². The quantitative estimate of drug-likeness (QED) is 0.314. The molecule has 1 heterocycles. The number of rotatable bonds is 1. The van der Waals surface area contributed by atoms with Gasteiger partial charge < -0.3 is 5.11 Å². The highest BCUT2D eigenvalue weighted by molar-refractivity contribution is 6.23. The van der Waals surface area contributed by atoms with Crippen molar-refractivity contribution < 1.29 is 5.11 Å². The number of hydrogen-bond donors (Lipinski definition) is 1. The van der Waals surface area contributed by atoms with E-state index in [9.17, 15) is 5.11 Å². The lowest BCUT2D eigenvalue weighted by molar-refractivity contribution is 0.480. The largest absolute Gasteiger partial charge is 0.506 e. The summed E-state index contributed by atoms with van der Waals surface area (Å²) < 4.78 is 0. The molecule has 0 fully saturated rings. The predicted molar refractivity (Wildman–Crippen MR) is 121 cm³/mol. The molecule has 0 bridgehead atoms. The first-order valence-electron chi connectivity index (χ1n) is 9.72. The number of phenolic OH excluding ortho intramolecular Hbond substituents is 1. The van der Waals surface area contributed by atoms with Gasteiger partial charge in [-0.15, -0.1) is 0 Å². The molecular weight excluding hydrogens is 354 g/mol. The van der Waals surface area contributed by atoms with Gasteiger partial charge in [0.15, 0.2) is 0 Å². The monoisotopic (exact) mass is 371 g/mol. The van der Waals surface area contributed by atoms with Crippen molar-refractivity contribution in [3.05, 3.63) is 97.1 Å². The maximum atomic E-state index is 10.6. The molecule has 0 amide bonds. The Morgan fingerprint density at radius 1 is 0.552 bits per heavy atom. The maximum Gasteiger partial charge on any atom is 0.141 e. The van der Waals surface area contributed by atoms with Crippen molar-refractivity contribution in [3.63, 3.8) is 0 Å². The van der Waals surface area contributed by atoms with Gasteiger partial charge in [0, 0.05) is 21.7 Å². The molecule has 2 nitrogen and oxygen atoms in total. The fourth-order valence-electron chi connectivity index (χ4n) is 4.34. The van der Waals surface area contributed by atoms with Crippen LogP contribution >= 0.6 is 0 Å². The van der Waals surface area contributed by atoms with Gasteiger partial charge in [-0.3, -0.25) is 0 Å². The molecule has 1 N–H and O–H groups in total. The van der Waals surface area contributed by atoms with Crippen molar-refractivity contribution in [2.45, 2.75) is 0 Å². The molecule has 29 heavy (non-hydrogen) atoms. The zero-order chi connectivity index (χ0) is 19.4. The van der Waals surface area contributed by atoms with Gasteiger partial charge in [-0.1, -0.05) is 84.9 Å². The minimum Gasteiger partial charge on any atom is -0.506 e. The van der Waals surface area contributed by atoms with E-state index in [0.29, 0.717) is 5.52 Å². The Hall–Kier alpha value is -3.91. The average Bonchev–Trinajstić information content (AvgIpc) is 2.78. The minimum absolute atomic E-state index is 0.208. The van der Waals surface area contributed by atoms with Gasteiger partial charge in [-0.2, -0.15) is 0 Å². The Morgan fingerprint density at radius 2 is 1.28 bits per heavy atom. The number of aromatic hydroxyl groups is 1. The van der Waals surface area contributed by atoms with Gasteiger partial charge in [-0.25, -0.2) is 4.98 Å². The summed E-state index contributed by atoms with van der Waals surface area (Å²) in [6.45, 7) is 0. The summed E-state index contributed by atoms with van der Waals surface area (Å²) in [6.07, 6.45) is 0. The standard InChI is InChI=1S/C27H17NO/c29-24-11-5-10-22-25-21-9-4-3-7-18(21)14-15-23(25)26(28-27(22)24)20-13-12-17-6-1-2-8-19(17)16-20/h1-16,29H. The molecule has 0 spiro atoms. The van der Waals surface area contributed by atoms with E-state index in [1.54, 1.807) is 6.07 Å². The zero-order valence-corrected chi connectivity index (χ0v) is 15.6. The first kappa shape index (κ1) is 16.1. The number of fused-ring (bicyclic) bond motifs is 6. The van der Waals surface area contributed by atoms with E-state index in [1.165, 1.54) is 21.5 Å². The summed E-state index contributed by atoms with van der Waals surface area (Å²) in [4.78, 5) is 4.94. The van der Waals surface area contributed by atoms with Crippen LogP contribution in [0.4, 0.5) is 0 Å². The summed E-state index contributed by atoms with van der Waals surface area (Å²) in [5, 5.41) is 18.5. The van der Waals surface area contributed by atoms with E-state index in [4.69, 9.17) is 4.98 Å². The third-order valence-electron chi connectivity index (χ3n) is 5.71. The minimum atomic E-state index is 0.208. The SMILES string of the molecule is Oc1cccc2c1nc(-c1ccc3ccccc3c1)c1ccc3ccccc3c12. The van der Waals surface area contributed by atoms with Crippen molar-refractivity contribution in [3.8, 4) is 17.0 Å². The van der Waals surface area contributed by atoms with Crippen LogP contribution in [0, 0.1) is 0 Å². The molecule has 0 aliphatic heterocycles. The van der Waals surface area contributed by atoms with Crippen LogP contribution in [-0.2, 0) is 0 Å². The Morgan fingerprint density at radius 3 is 2.17 bits per heavy atom.